The largest absolute Gasteiger partial charge is 0.465 e. The SMILES string of the molecule is COC(=O)c1scc(C)c1NC(=O)C[N+]1(CC(=O)Nc2c(C)csc2C(=O)NCCN(C)C(=O)OC(C)(C)C)CCC(C)(F)CC1. The number of hydrogen-bond donors (Lipinski definition) is 3. The molecule has 15 heteroatoms. The number of piperidine rings is 1. The number of thiophene rings is 2. The first-order valence-electron chi connectivity index (χ1n) is 15.0. The minimum absolute atomic E-state index is 0.00956. The molecule has 3 heterocycles. The van der Waals surface area contributed by atoms with E-state index in [9.17, 15) is 28.4 Å². The van der Waals surface area contributed by atoms with Crippen molar-refractivity contribution in [3.8, 4) is 0 Å². The molecule has 0 radical (unpaired) electrons. The molecule has 0 saturated carbocycles. The Morgan fingerprint density at radius 1 is 0.957 bits per heavy atom. The molecule has 4 amide bonds. The number of likely N-dealkylation sites (N-methyl/N-ethyl adjacent to an activating group) is 1. The molecule has 2 aromatic heterocycles. The highest BCUT2D eigenvalue weighted by atomic mass is 32.1. The fourth-order valence-corrected chi connectivity index (χ4v) is 6.82. The van der Waals surface area contributed by atoms with E-state index < -0.39 is 41.1 Å². The molecule has 2 aromatic rings. The van der Waals surface area contributed by atoms with Crippen LogP contribution in [0, 0.1) is 13.8 Å². The highest BCUT2D eigenvalue weighted by molar-refractivity contribution is 7.13. The first-order chi connectivity index (χ1) is 21.3. The molecule has 12 nitrogen and oxygen atoms in total. The molecule has 0 aliphatic carbocycles. The molecule has 0 atom stereocenters. The van der Waals surface area contributed by atoms with Crippen LogP contribution in [0.2, 0.25) is 0 Å². The summed E-state index contributed by atoms with van der Waals surface area (Å²) in [5, 5.41) is 11.9. The van der Waals surface area contributed by atoms with Gasteiger partial charge in [-0.15, -0.1) is 22.7 Å². The zero-order valence-corrected chi connectivity index (χ0v) is 29.4. The minimum Gasteiger partial charge on any atom is -0.465 e. The van der Waals surface area contributed by atoms with Gasteiger partial charge in [0.15, 0.2) is 13.1 Å². The number of methoxy groups -OCH3 is 1. The van der Waals surface area contributed by atoms with Crippen LogP contribution in [0.1, 0.15) is 71.0 Å². The van der Waals surface area contributed by atoms with E-state index in [1.54, 1.807) is 52.4 Å². The average Bonchev–Trinajstić information content (AvgIpc) is 3.50. The summed E-state index contributed by atoms with van der Waals surface area (Å²) in [5.41, 5.74) is 0.0597. The monoisotopic (exact) mass is 682 g/mol. The van der Waals surface area contributed by atoms with Gasteiger partial charge in [0.25, 0.3) is 17.7 Å². The van der Waals surface area contributed by atoms with Gasteiger partial charge in [0.05, 0.1) is 31.6 Å². The van der Waals surface area contributed by atoms with Crippen LogP contribution in [0.15, 0.2) is 10.8 Å². The molecule has 0 aromatic carbocycles. The Morgan fingerprint density at radius 2 is 1.46 bits per heavy atom. The second-order valence-corrected chi connectivity index (χ2v) is 14.8. The Morgan fingerprint density at radius 3 is 1.96 bits per heavy atom. The van der Waals surface area contributed by atoms with Crippen LogP contribution in [0.4, 0.5) is 20.6 Å². The fraction of sp³-hybridized carbons (Fsp3) is 0.581. The fourth-order valence-electron chi connectivity index (χ4n) is 4.97. The summed E-state index contributed by atoms with van der Waals surface area (Å²) in [4.78, 5) is 66.2. The zero-order chi connectivity index (χ0) is 34.4. The molecule has 254 valence electrons. The number of rotatable bonds is 11. The molecule has 1 saturated heterocycles. The molecule has 0 spiro atoms. The number of nitrogens with one attached hydrogen (secondary N) is 3. The van der Waals surface area contributed by atoms with Gasteiger partial charge in [0.1, 0.15) is 21.0 Å². The van der Waals surface area contributed by atoms with Crippen LogP contribution in [-0.2, 0) is 19.1 Å². The van der Waals surface area contributed by atoms with E-state index in [1.165, 1.54) is 30.3 Å². The number of ether oxygens (including phenoxy) is 2. The van der Waals surface area contributed by atoms with E-state index in [2.05, 4.69) is 16.0 Å². The molecule has 46 heavy (non-hydrogen) atoms. The zero-order valence-electron chi connectivity index (χ0n) is 27.8. The van der Waals surface area contributed by atoms with E-state index in [4.69, 9.17) is 9.47 Å². The lowest BCUT2D eigenvalue weighted by molar-refractivity contribution is -0.919. The summed E-state index contributed by atoms with van der Waals surface area (Å²) in [6.07, 6.45) is -0.171. The summed E-state index contributed by atoms with van der Waals surface area (Å²) in [6, 6.07) is 0. The van der Waals surface area contributed by atoms with Crippen LogP contribution in [0.3, 0.4) is 0 Å². The third-order valence-corrected chi connectivity index (χ3v) is 9.84. The van der Waals surface area contributed by atoms with Gasteiger partial charge in [-0.25, -0.2) is 14.0 Å². The predicted molar refractivity (Wildman–Crippen MR) is 176 cm³/mol. The van der Waals surface area contributed by atoms with Gasteiger partial charge in [-0.2, -0.15) is 0 Å². The maximum absolute atomic E-state index is 14.9. The number of amides is 4. The van der Waals surface area contributed by atoms with Crippen molar-refractivity contribution in [1.29, 1.82) is 0 Å². The molecule has 1 fully saturated rings. The first-order valence-corrected chi connectivity index (χ1v) is 16.7. The van der Waals surface area contributed by atoms with Crippen LogP contribution < -0.4 is 16.0 Å². The average molecular weight is 683 g/mol. The number of halogens is 1. The van der Waals surface area contributed by atoms with E-state index in [1.807, 2.05) is 0 Å². The van der Waals surface area contributed by atoms with E-state index in [-0.39, 0.29) is 61.5 Å². The van der Waals surface area contributed by atoms with Crippen molar-refractivity contribution in [1.82, 2.24) is 10.2 Å². The molecule has 3 rings (SSSR count). The molecule has 1 aliphatic rings. The van der Waals surface area contributed by atoms with Crippen molar-refractivity contribution in [2.45, 2.75) is 65.7 Å². The van der Waals surface area contributed by atoms with Crippen molar-refractivity contribution < 1.29 is 42.3 Å². The summed E-state index contributed by atoms with van der Waals surface area (Å²) in [6.45, 7) is 11.0. The summed E-state index contributed by atoms with van der Waals surface area (Å²) >= 11 is 2.34. The third-order valence-electron chi connectivity index (χ3n) is 7.67. The second-order valence-electron chi connectivity index (χ2n) is 13.0. The lowest BCUT2D eigenvalue weighted by Gasteiger charge is -2.43. The lowest BCUT2D eigenvalue weighted by atomic mass is 9.93. The van der Waals surface area contributed by atoms with Crippen LogP contribution in [0.25, 0.3) is 0 Å². The number of anilines is 2. The smallest absolute Gasteiger partial charge is 0.410 e. The number of hydrogen-bond acceptors (Lipinski definition) is 9. The molecule has 0 bridgehead atoms. The van der Waals surface area contributed by atoms with Gasteiger partial charge in [-0.1, -0.05) is 0 Å². The summed E-state index contributed by atoms with van der Waals surface area (Å²) in [5.74, 6) is -1.81. The van der Waals surface area contributed by atoms with E-state index >= 15 is 0 Å². The number of nitrogens with zero attached hydrogens (tertiary/aromatic N) is 2. The number of carbonyl (C=O) groups is 5. The minimum atomic E-state index is -1.41. The molecular weight excluding hydrogens is 638 g/mol. The van der Waals surface area contributed by atoms with Crippen LogP contribution >= 0.6 is 22.7 Å². The van der Waals surface area contributed by atoms with Crippen molar-refractivity contribution in [2.24, 2.45) is 0 Å². The molecular formula is C31H45FN5O7S2+. The topological polar surface area (TPSA) is 143 Å². The van der Waals surface area contributed by atoms with Gasteiger partial charge in [-0.05, 0) is 63.4 Å². The normalized spacial score (nSPS) is 19.6. The number of carbonyl (C=O) groups excluding carboxylic acids is 5. The maximum atomic E-state index is 14.9. The van der Waals surface area contributed by atoms with Crippen molar-refractivity contribution in [3.05, 3.63) is 31.6 Å². The Hall–Kier alpha value is -3.56. The summed E-state index contributed by atoms with van der Waals surface area (Å²) < 4.78 is 25.0. The van der Waals surface area contributed by atoms with Gasteiger partial charge >= 0.3 is 12.1 Å². The highest BCUT2D eigenvalue weighted by Crippen LogP contribution is 2.33. The quantitative estimate of drug-likeness (QED) is 0.230. The number of alkyl halides is 1. The van der Waals surface area contributed by atoms with E-state index in [0.717, 1.165) is 11.3 Å². The molecule has 0 unspecified atom stereocenters. The predicted octanol–water partition coefficient (Wildman–Crippen LogP) is 4.73. The van der Waals surface area contributed by atoms with Crippen molar-refractivity contribution in [3.63, 3.8) is 0 Å². The Bertz CT molecular complexity index is 1450. The number of quaternary nitrogens is 1. The number of aryl methyl sites for hydroxylation is 2. The lowest BCUT2D eigenvalue weighted by Crippen LogP contribution is -2.61. The van der Waals surface area contributed by atoms with Gasteiger partial charge in [0, 0.05) is 33.0 Å². The van der Waals surface area contributed by atoms with E-state index in [0.29, 0.717) is 27.4 Å². The maximum Gasteiger partial charge on any atom is 0.410 e. The third kappa shape index (κ3) is 9.97. The second kappa shape index (κ2) is 14.9. The Kier molecular flexibility index (Phi) is 12.0. The Balaban J connectivity index is 1.69. The van der Waals surface area contributed by atoms with Gasteiger partial charge < -0.3 is 34.8 Å². The first kappa shape index (κ1) is 36.9. The van der Waals surface area contributed by atoms with Crippen molar-refractivity contribution in [2.75, 3.05) is 64.1 Å². The van der Waals surface area contributed by atoms with Gasteiger partial charge in [-0.3, -0.25) is 14.4 Å². The standard InChI is InChI=1S/C31H44FN5O7S2/c1-19-17-45-25(27(40)33-11-12-36(7)29(42)44-30(3,4)5)23(19)34-21(38)15-37(13-9-31(6,32)10-14-37)16-22(39)35-24-20(2)18-46-26(24)28(41)43-8/h17-18H,9-16H2,1-8H3,(H2-,33,34,35,38,39,40,41)/p+1. The number of esters is 1. The molecule has 1 aliphatic heterocycles. The highest BCUT2D eigenvalue weighted by Gasteiger charge is 2.43. The van der Waals surface area contributed by atoms with Crippen LogP contribution in [0.5, 0.6) is 0 Å². The van der Waals surface area contributed by atoms with Crippen LogP contribution in [-0.4, -0.2) is 104 Å². The van der Waals surface area contributed by atoms with Crippen molar-refractivity contribution >= 4 is 63.8 Å². The molecule has 3 N–H and O–H groups in total. The Labute approximate surface area is 277 Å². The number of likely N-dealkylation sites (tertiary alicyclic amines) is 1. The summed E-state index contributed by atoms with van der Waals surface area (Å²) in [7, 11) is 2.84. The van der Waals surface area contributed by atoms with Gasteiger partial charge in [0.2, 0.25) is 0 Å².